The summed E-state index contributed by atoms with van der Waals surface area (Å²) in [5.41, 5.74) is 2.10. The number of hydrogen-bond donors (Lipinski definition) is 0. The molecule has 15 heavy (non-hydrogen) atoms. The van der Waals surface area contributed by atoms with Crippen LogP contribution in [0.25, 0.3) is 0 Å². The molecule has 82 valence electrons. The number of ether oxygens (including phenoxy) is 1. The topological polar surface area (TPSA) is 26.3 Å². The van der Waals surface area contributed by atoms with E-state index in [2.05, 4.69) is 22.9 Å². The van der Waals surface area contributed by atoms with Crippen LogP contribution in [-0.4, -0.2) is 12.9 Å². The highest BCUT2D eigenvalue weighted by molar-refractivity contribution is 9.09. The largest absolute Gasteiger partial charge is 0.496 e. The lowest BCUT2D eigenvalue weighted by Gasteiger charge is -2.13. The number of halogens is 1. The van der Waals surface area contributed by atoms with Crippen molar-refractivity contribution in [2.45, 2.75) is 25.1 Å². The Morgan fingerprint density at radius 3 is 2.67 bits per heavy atom. The Morgan fingerprint density at radius 1 is 1.53 bits per heavy atom. The molecule has 0 fully saturated rings. The average molecular weight is 271 g/mol. The third kappa shape index (κ3) is 2.81. The van der Waals surface area contributed by atoms with Crippen molar-refractivity contribution < 1.29 is 9.53 Å². The van der Waals surface area contributed by atoms with Gasteiger partial charge < -0.3 is 4.74 Å². The Bertz CT molecular complexity index is 361. The number of carbonyl (C=O) groups is 1. The zero-order valence-electron chi connectivity index (χ0n) is 9.21. The molecular formula is C12H15BrO2. The summed E-state index contributed by atoms with van der Waals surface area (Å²) in [5, 5.41) is 0. The molecule has 0 N–H and O–H groups in total. The third-order valence-corrected chi connectivity index (χ3v) is 3.47. The van der Waals surface area contributed by atoms with Crippen LogP contribution in [0.15, 0.2) is 18.2 Å². The van der Waals surface area contributed by atoms with Gasteiger partial charge in [-0.25, -0.2) is 0 Å². The fourth-order valence-corrected chi connectivity index (χ4v) is 1.78. The third-order valence-electron chi connectivity index (χ3n) is 2.34. The second-order valence-corrected chi connectivity index (χ2v) is 4.32. The van der Waals surface area contributed by atoms with Crippen LogP contribution >= 0.6 is 15.9 Å². The molecule has 0 aliphatic carbocycles. The number of rotatable bonds is 4. The van der Waals surface area contributed by atoms with Crippen molar-refractivity contribution in [2.24, 2.45) is 0 Å². The van der Waals surface area contributed by atoms with Crippen LogP contribution in [0.1, 0.15) is 29.8 Å². The zero-order chi connectivity index (χ0) is 11.4. The maximum atomic E-state index is 11.3. The fraction of sp³-hybridized carbons (Fsp3) is 0.417. The minimum absolute atomic E-state index is 0.0811. The number of methoxy groups -OCH3 is 1. The number of ketones is 1. The van der Waals surface area contributed by atoms with Gasteiger partial charge in [0.05, 0.1) is 7.11 Å². The first-order valence-corrected chi connectivity index (χ1v) is 5.83. The van der Waals surface area contributed by atoms with Gasteiger partial charge in [-0.15, -0.1) is 0 Å². The highest BCUT2D eigenvalue weighted by atomic mass is 79.9. The Balaban J connectivity index is 3.12. The summed E-state index contributed by atoms with van der Waals surface area (Å²) in [7, 11) is 1.62. The lowest BCUT2D eigenvalue weighted by Crippen LogP contribution is -2.03. The molecule has 0 bridgehead atoms. The molecule has 0 aliphatic heterocycles. The molecule has 0 saturated carbocycles. The Hall–Kier alpha value is -0.830. The van der Waals surface area contributed by atoms with Gasteiger partial charge in [0.2, 0.25) is 0 Å². The van der Waals surface area contributed by atoms with E-state index in [0.717, 1.165) is 17.7 Å². The van der Waals surface area contributed by atoms with Gasteiger partial charge in [0.15, 0.2) is 0 Å². The molecule has 1 aromatic rings. The molecule has 1 unspecified atom stereocenters. The first-order valence-electron chi connectivity index (χ1n) is 4.91. The van der Waals surface area contributed by atoms with E-state index < -0.39 is 0 Å². The summed E-state index contributed by atoms with van der Waals surface area (Å²) in [4.78, 5) is 11.0. The van der Waals surface area contributed by atoms with Gasteiger partial charge in [-0.2, -0.15) is 0 Å². The molecule has 0 amide bonds. The van der Waals surface area contributed by atoms with Gasteiger partial charge in [-0.3, -0.25) is 4.79 Å². The number of Topliss-reactive ketones (excluding diaryl/α,β-unsaturated/α-hetero) is 1. The summed E-state index contributed by atoms with van der Waals surface area (Å²) in [5.74, 6) is 0.851. The molecule has 1 atom stereocenters. The summed E-state index contributed by atoms with van der Waals surface area (Å²) >= 11 is 3.36. The minimum atomic E-state index is -0.279. The van der Waals surface area contributed by atoms with Crippen LogP contribution in [0, 0.1) is 0 Å². The number of aryl methyl sites for hydroxylation is 1. The number of alkyl halides is 1. The van der Waals surface area contributed by atoms with E-state index in [-0.39, 0.29) is 10.6 Å². The van der Waals surface area contributed by atoms with E-state index in [4.69, 9.17) is 4.74 Å². The molecule has 0 saturated heterocycles. The predicted octanol–water partition coefficient (Wildman–Crippen LogP) is 3.28. The summed E-state index contributed by atoms with van der Waals surface area (Å²) in [6.45, 7) is 3.65. The van der Waals surface area contributed by atoms with Crippen molar-refractivity contribution in [1.82, 2.24) is 0 Å². The Kier molecular flexibility index (Phi) is 4.33. The molecule has 3 heteroatoms. The number of benzene rings is 1. The first kappa shape index (κ1) is 12.2. The van der Waals surface area contributed by atoms with Gasteiger partial charge in [-0.1, -0.05) is 35.0 Å². The molecule has 0 heterocycles. The normalized spacial score (nSPS) is 12.3. The maximum absolute atomic E-state index is 11.3. The number of hydrogen-bond acceptors (Lipinski definition) is 2. The van der Waals surface area contributed by atoms with Crippen molar-refractivity contribution in [3.8, 4) is 5.75 Å². The molecule has 2 nitrogen and oxygen atoms in total. The van der Waals surface area contributed by atoms with E-state index in [1.54, 1.807) is 14.0 Å². The SMILES string of the molecule is CCc1ccc(C(Br)C(C)=O)c(OC)c1. The van der Waals surface area contributed by atoms with E-state index in [1.807, 2.05) is 18.2 Å². The smallest absolute Gasteiger partial charge is 0.147 e. The van der Waals surface area contributed by atoms with E-state index in [1.165, 1.54) is 5.56 Å². The minimum Gasteiger partial charge on any atom is -0.496 e. The van der Waals surface area contributed by atoms with Crippen LogP contribution in [0.5, 0.6) is 5.75 Å². The van der Waals surface area contributed by atoms with Crippen molar-refractivity contribution in [2.75, 3.05) is 7.11 Å². The summed E-state index contributed by atoms with van der Waals surface area (Å²) in [6, 6.07) is 5.94. The van der Waals surface area contributed by atoms with Crippen LogP contribution < -0.4 is 4.74 Å². The van der Waals surface area contributed by atoms with E-state index >= 15 is 0 Å². The predicted molar refractivity (Wildman–Crippen MR) is 64.7 cm³/mol. The summed E-state index contributed by atoms with van der Waals surface area (Å²) in [6.07, 6.45) is 0.962. The summed E-state index contributed by atoms with van der Waals surface area (Å²) < 4.78 is 5.28. The lowest BCUT2D eigenvalue weighted by atomic mass is 10.0. The van der Waals surface area contributed by atoms with E-state index in [9.17, 15) is 4.79 Å². The standard InChI is InChI=1S/C12H15BrO2/c1-4-9-5-6-10(11(7-9)15-3)12(13)8(2)14/h5-7,12H,4H2,1-3H3. The van der Waals surface area contributed by atoms with Gasteiger partial charge in [-0.05, 0) is 25.0 Å². The average Bonchev–Trinajstić information content (AvgIpc) is 2.27. The van der Waals surface area contributed by atoms with Crippen LogP contribution in [0.2, 0.25) is 0 Å². The number of carbonyl (C=O) groups excluding carboxylic acids is 1. The molecule has 1 rings (SSSR count). The molecule has 0 radical (unpaired) electrons. The highest BCUT2D eigenvalue weighted by Crippen LogP contribution is 2.32. The molecule has 0 aromatic heterocycles. The van der Waals surface area contributed by atoms with Crippen molar-refractivity contribution in [3.05, 3.63) is 29.3 Å². The Labute approximate surface area is 98.8 Å². The highest BCUT2D eigenvalue weighted by Gasteiger charge is 2.17. The first-order chi connectivity index (χ1) is 7.10. The van der Waals surface area contributed by atoms with Gasteiger partial charge in [0.1, 0.15) is 16.4 Å². The van der Waals surface area contributed by atoms with Gasteiger partial charge >= 0.3 is 0 Å². The monoisotopic (exact) mass is 270 g/mol. The molecule has 0 spiro atoms. The van der Waals surface area contributed by atoms with Crippen LogP contribution in [0.4, 0.5) is 0 Å². The van der Waals surface area contributed by atoms with Crippen molar-refractivity contribution in [3.63, 3.8) is 0 Å². The van der Waals surface area contributed by atoms with Crippen LogP contribution in [-0.2, 0) is 11.2 Å². The van der Waals surface area contributed by atoms with Gasteiger partial charge in [0, 0.05) is 5.56 Å². The molecule has 0 aliphatic rings. The fourth-order valence-electron chi connectivity index (χ4n) is 1.40. The van der Waals surface area contributed by atoms with Crippen molar-refractivity contribution >= 4 is 21.7 Å². The second-order valence-electron chi connectivity index (χ2n) is 3.40. The Morgan fingerprint density at radius 2 is 2.20 bits per heavy atom. The second kappa shape index (κ2) is 5.31. The quantitative estimate of drug-likeness (QED) is 0.785. The van der Waals surface area contributed by atoms with E-state index in [0.29, 0.717) is 0 Å². The molecule has 1 aromatic carbocycles. The van der Waals surface area contributed by atoms with Gasteiger partial charge in [0.25, 0.3) is 0 Å². The maximum Gasteiger partial charge on any atom is 0.147 e. The van der Waals surface area contributed by atoms with Crippen LogP contribution in [0.3, 0.4) is 0 Å². The zero-order valence-corrected chi connectivity index (χ0v) is 10.8. The molecular weight excluding hydrogens is 256 g/mol. The lowest BCUT2D eigenvalue weighted by molar-refractivity contribution is -0.116. The van der Waals surface area contributed by atoms with Crippen molar-refractivity contribution in [1.29, 1.82) is 0 Å².